The molecule has 1 heterocycles. The monoisotopic (exact) mass is 516 g/mol. The smallest absolute Gasteiger partial charge is 0.308 e. The van der Waals surface area contributed by atoms with Crippen molar-refractivity contribution < 1.29 is 14.3 Å². The fourth-order valence-electron chi connectivity index (χ4n) is 3.17. The van der Waals surface area contributed by atoms with E-state index in [2.05, 4.69) is 15.9 Å². The zero-order valence-electron chi connectivity index (χ0n) is 20.3. The van der Waals surface area contributed by atoms with Crippen molar-refractivity contribution in [2.75, 3.05) is 19.1 Å². The van der Waals surface area contributed by atoms with Gasteiger partial charge in [-0.3, -0.25) is 25.5 Å². The second-order valence-corrected chi connectivity index (χ2v) is 7.39. The molecule has 0 aliphatic carbocycles. The molecular weight excluding hydrogens is 484 g/mol. The summed E-state index contributed by atoms with van der Waals surface area (Å²) in [5.41, 5.74) is 2.80. The topological polar surface area (TPSA) is 98.8 Å². The Morgan fingerprint density at radius 1 is 1.09 bits per heavy atom. The molecule has 178 valence electrons. The van der Waals surface area contributed by atoms with Crippen LogP contribution in [0.5, 0.6) is 5.75 Å². The van der Waals surface area contributed by atoms with Crippen LogP contribution < -0.4 is 9.64 Å². The Morgan fingerprint density at radius 2 is 1.70 bits per heavy atom. The number of amidine groups is 2. The summed E-state index contributed by atoms with van der Waals surface area (Å²) in [5, 5.41) is 16.9. The van der Waals surface area contributed by atoms with Crippen molar-refractivity contribution in [2.24, 2.45) is 4.99 Å². The van der Waals surface area contributed by atoms with Gasteiger partial charge in [0.15, 0.2) is 0 Å². The van der Waals surface area contributed by atoms with Crippen molar-refractivity contribution in [3.63, 3.8) is 0 Å². The molecule has 0 amide bonds. The number of rotatable bonds is 4. The summed E-state index contributed by atoms with van der Waals surface area (Å²) in [6.45, 7) is 9.60. The summed E-state index contributed by atoms with van der Waals surface area (Å²) in [6.07, 6.45) is -0.0930. The molecule has 0 fully saturated rings. The lowest BCUT2D eigenvalue weighted by atomic mass is 9.99. The van der Waals surface area contributed by atoms with Crippen molar-refractivity contribution in [1.82, 2.24) is 0 Å². The minimum Gasteiger partial charge on any atom is -0.497 e. The number of esters is 1. The van der Waals surface area contributed by atoms with E-state index in [1.165, 1.54) is 12.0 Å². The summed E-state index contributed by atoms with van der Waals surface area (Å²) in [5.74, 6) is 0.365. The number of ether oxygens (including phenoxy) is 2. The van der Waals surface area contributed by atoms with Crippen molar-refractivity contribution in [3.8, 4) is 5.75 Å². The molecule has 3 rings (SSSR count). The van der Waals surface area contributed by atoms with E-state index in [1.54, 1.807) is 26.2 Å². The number of benzene rings is 2. The third-order valence-electron chi connectivity index (χ3n) is 4.58. The highest BCUT2D eigenvalue weighted by atomic mass is 79.9. The molecule has 1 aliphatic heterocycles. The molecule has 2 N–H and O–H groups in total. The Hall–Kier alpha value is -3.00. The van der Waals surface area contributed by atoms with Crippen LogP contribution in [0.3, 0.4) is 0 Å². The molecule has 2 aromatic rings. The van der Waals surface area contributed by atoms with E-state index in [9.17, 15) is 4.79 Å². The first-order valence-corrected chi connectivity index (χ1v) is 11.7. The summed E-state index contributed by atoms with van der Waals surface area (Å²) in [6, 6.07) is 12.3. The number of carbonyl (C=O) groups is 1. The van der Waals surface area contributed by atoms with Crippen LogP contribution in [0, 0.1) is 10.8 Å². The van der Waals surface area contributed by atoms with Crippen LogP contribution in [0.4, 0.5) is 5.69 Å². The van der Waals surface area contributed by atoms with Gasteiger partial charge in [0.2, 0.25) is 0 Å². The third-order valence-corrected chi connectivity index (χ3v) is 5.11. The first-order chi connectivity index (χ1) is 15.8. The Morgan fingerprint density at radius 3 is 2.21 bits per heavy atom. The number of hydrogen-bond donors (Lipinski definition) is 2. The first-order valence-electron chi connectivity index (χ1n) is 10.9. The average Bonchev–Trinajstić information content (AvgIpc) is 2.96. The molecule has 2 aromatic carbocycles. The molecule has 7 nitrogen and oxygen atoms in total. The molecule has 0 unspecified atom stereocenters. The average molecular weight is 517 g/mol. The molecule has 0 bridgehead atoms. The molecule has 0 spiro atoms. The van der Waals surface area contributed by atoms with E-state index in [-0.39, 0.29) is 18.1 Å². The summed E-state index contributed by atoms with van der Waals surface area (Å²) >= 11 is 3.44. The lowest BCUT2D eigenvalue weighted by Gasteiger charge is -2.26. The predicted octanol–water partition coefficient (Wildman–Crippen LogP) is 6.07. The lowest BCUT2D eigenvalue weighted by molar-refractivity contribution is -0.140. The van der Waals surface area contributed by atoms with E-state index in [1.807, 2.05) is 58.0 Å². The maximum atomic E-state index is 12.0. The fourth-order valence-corrected chi connectivity index (χ4v) is 3.44. The van der Waals surface area contributed by atoms with Crippen molar-refractivity contribution >= 4 is 45.0 Å². The van der Waals surface area contributed by atoms with E-state index < -0.39 is 12.0 Å². The summed E-state index contributed by atoms with van der Waals surface area (Å²) < 4.78 is 11.1. The minimum atomic E-state index is -0.792. The second kappa shape index (κ2) is 13.5. The molecule has 0 saturated carbocycles. The maximum Gasteiger partial charge on any atom is 0.308 e. The lowest BCUT2D eigenvalue weighted by Crippen LogP contribution is -2.41. The highest BCUT2D eigenvalue weighted by molar-refractivity contribution is 9.10. The minimum absolute atomic E-state index is 0.0430. The highest BCUT2D eigenvalue weighted by Crippen LogP contribution is 2.33. The standard InChI is InChI=1S/C21H21BrN4O3.2C2H6/c1-12(23)26-18-9-8-15(28-2)10-16(18)20(13-4-6-14(22)7-5-13)25-17(21(26)24)11-19(27)29-3;2*1-2/h4-10,17,23-24H,11H2,1-3H3;2*1-2H3/t17-;;/m0../s1. The summed E-state index contributed by atoms with van der Waals surface area (Å²) in [4.78, 5) is 18.3. The maximum absolute atomic E-state index is 12.0. The van der Waals surface area contributed by atoms with Crippen LogP contribution in [0.2, 0.25) is 0 Å². The molecular formula is C25H33BrN4O3. The van der Waals surface area contributed by atoms with E-state index in [0.29, 0.717) is 17.1 Å². The largest absolute Gasteiger partial charge is 0.497 e. The van der Waals surface area contributed by atoms with E-state index in [4.69, 9.17) is 25.3 Å². The number of nitrogens with one attached hydrogen (secondary N) is 2. The van der Waals surface area contributed by atoms with Gasteiger partial charge in [-0.1, -0.05) is 55.8 Å². The van der Waals surface area contributed by atoms with Crippen LogP contribution in [-0.2, 0) is 9.53 Å². The zero-order chi connectivity index (χ0) is 25.1. The van der Waals surface area contributed by atoms with Crippen LogP contribution in [0.1, 0.15) is 52.2 Å². The van der Waals surface area contributed by atoms with Crippen molar-refractivity contribution in [3.05, 3.63) is 58.1 Å². The molecule has 0 aromatic heterocycles. The molecule has 8 heteroatoms. The number of hydrogen-bond acceptors (Lipinski definition) is 6. The zero-order valence-corrected chi connectivity index (χ0v) is 21.9. The molecule has 0 saturated heterocycles. The number of aliphatic imine (C=N–C) groups is 1. The van der Waals surface area contributed by atoms with Gasteiger partial charge < -0.3 is 9.47 Å². The second-order valence-electron chi connectivity index (χ2n) is 6.47. The number of nitrogens with zero attached hydrogens (tertiary/aromatic N) is 2. The Bertz CT molecular complexity index is 1000. The fraction of sp³-hybridized carbons (Fsp3) is 0.360. The number of methoxy groups -OCH3 is 2. The van der Waals surface area contributed by atoms with Gasteiger partial charge in [0.25, 0.3) is 0 Å². The van der Waals surface area contributed by atoms with Gasteiger partial charge in [-0.2, -0.15) is 0 Å². The predicted molar refractivity (Wildman–Crippen MR) is 139 cm³/mol. The number of carbonyl (C=O) groups excluding carboxylic acids is 1. The van der Waals surface area contributed by atoms with Crippen molar-refractivity contribution in [1.29, 1.82) is 10.8 Å². The SMILES string of the molecule is CC.CC.COC(=O)C[C@@H]1N=C(c2ccc(Br)cc2)c2cc(OC)ccc2N(C(C)=N)C1=N. The normalized spacial score (nSPS) is 14.3. The Balaban J connectivity index is 0.00000129. The van der Waals surface area contributed by atoms with Crippen LogP contribution in [0.25, 0.3) is 0 Å². The Labute approximate surface area is 205 Å². The molecule has 33 heavy (non-hydrogen) atoms. The number of fused-ring (bicyclic) bond motifs is 1. The highest BCUT2D eigenvalue weighted by Gasteiger charge is 2.32. The van der Waals surface area contributed by atoms with Gasteiger partial charge in [-0.25, -0.2) is 0 Å². The van der Waals surface area contributed by atoms with Gasteiger partial charge >= 0.3 is 5.97 Å². The van der Waals surface area contributed by atoms with E-state index >= 15 is 0 Å². The summed E-state index contributed by atoms with van der Waals surface area (Å²) in [7, 11) is 2.89. The van der Waals surface area contributed by atoms with Crippen LogP contribution in [-0.4, -0.2) is 43.6 Å². The van der Waals surface area contributed by atoms with Crippen molar-refractivity contribution in [2.45, 2.75) is 47.1 Å². The third kappa shape index (κ3) is 6.74. The first kappa shape index (κ1) is 28.0. The van der Waals surface area contributed by atoms with Crippen LogP contribution in [0.15, 0.2) is 51.9 Å². The van der Waals surface area contributed by atoms with Gasteiger partial charge in [-0.05, 0) is 37.3 Å². The molecule has 0 radical (unpaired) electrons. The molecule has 1 aliphatic rings. The van der Waals surface area contributed by atoms with Gasteiger partial charge in [0, 0.05) is 15.6 Å². The molecule has 1 atom stereocenters. The Kier molecular flexibility index (Phi) is 11.5. The number of benzodiazepines with no additional fused rings is 1. The number of anilines is 1. The van der Waals surface area contributed by atoms with Gasteiger partial charge in [-0.15, -0.1) is 0 Å². The van der Waals surface area contributed by atoms with Gasteiger partial charge in [0.1, 0.15) is 23.5 Å². The van der Waals surface area contributed by atoms with E-state index in [0.717, 1.165) is 15.6 Å². The van der Waals surface area contributed by atoms with Crippen LogP contribution >= 0.6 is 15.9 Å². The van der Waals surface area contributed by atoms with Gasteiger partial charge in [0.05, 0.1) is 32.0 Å². The number of halogens is 1. The quantitative estimate of drug-likeness (QED) is 0.292.